The lowest BCUT2D eigenvalue weighted by molar-refractivity contribution is -0.00207. The second-order valence-corrected chi connectivity index (χ2v) is 7.99. The normalized spacial score (nSPS) is 15.0. The Morgan fingerprint density at radius 2 is 1.75 bits per heavy atom. The van der Waals surface area contributed by atoms with Crippen molar-refractivity contribution in [3.8, 4) is 11.5 Å². The molecule has 1 aliphatic heterocycles. The average Bonchev–Trinajstić information content (AvgIpc) is 2.43. The van der Waals surface area contributed by atoms with Crippen LogP contribution in [0.2, 0.25) is 0 Å². The van der Waals surface area contributed by atoms with Crippen LogP contribution in [0.5, 0.6) is 11.5 Å². The molecule has 0 aromatic heterocycles. The van der Waals surface area contributed by atoms with Gasteiger partial charge in [0.25, 0.3) is 0 Å². The molecule has 0 spiro atoms. The van der Waals surface area contributed by atoms with Crippen molar-refractivity contribution in [2.45, 2.75) is 39.2 Å². The molecule has 0 saturated carbocycles. The van der Waals surface area contributed by atoms with Gasteiger partial charge in [-0.2, -0.15) is 0 Å². The largest absolute Gasteiger partial charge is 0.496 e. The number of rotatable bonds is 5. The van der Waals surface area contributed by atoms with Crippen LogP contribution in [0.25, 0.3) is 0 Å². The van der Waals surface area contributed by atoms with E-state index in [2.05, 4.69) is 15.9 Å². The minimum Gasteiger partial charge on any atom is -0.496 e. The molecule has 5 nitrogen and oxygen atoms in total. The van der Waals surface area contributed by atoms with E-state index in [-0.39, 0.29) is 6.09 Å². The zero-order chi connectivity index (χ0) is 17.9. The van der Waals surface area contributed by atoms with Crippen molar-refractivity contribution >= 4 is 22.0 Å². The summed E-state index contributed by atoms with van der Waals surface area (Å²) in [4.78, 5) is 13.7. The van der Waals surface area contributed by atoms with Gasteiger partial charge in [-0.25, -0.2) is 4.79 Å². The van der Waals surface area contributed by atoms with E-state index >= 15 is 0 Å². The molecule has 24 heavy (non-hydrogen) atoms. The lowest BCUT2D eigenvalue weighted by atomic mass is 9.92. The summed E-state index contributed by atoms with van der Waals surface area (Å²) in [6.07, 6.45) is 1.61. The summed E-state index contributed by atoms with van der Waals surface area (Å²) in [5.41, 5.74) is 0.624. The Morgan fingerprint density at radius 3 is 2.21 bits per heavy atom. The molecule has 1 aromatic carbocycles. The number of methoxy groups -OCH3 is 2. The molecule has 2 rings (SSSR count). The van der Waals surface area contributed by atoms with Gasteiger partial charge in [0.15, 0.2) is 0 Å². The minimum absolute atomic E-state index is 0.224. The maximum Gasteiger partial charge on any atom is 0.410 e. The lowest BCUT2D eigenvalue weighted by Gasteiger charge is -2.40. The first-order valence-corrected chi connectivity index (χ1v) is 8.91. The van der Waals surface area contributed by atoms with Gasteiger partial charge in [0.2, 0.25) is 0 Å². The Kier molecular flexibility index (Phi) is 6.01. The molecular formula is C18H26BrNO4. The van der Waals surface area contributed by atoms with Crippen molar-refractivity contribution < 1.29 is 19.0 Å². The van der Waals surface area contributed by atoms with Crippen LogP contribution in [0.3, 0.4) is 0 Å². The van der Waals surface area contributed by atoms with Crippen molar-refractivity contribution in [1.29, 1.82) is 0 Å². The zero-order valence-electron chi connectivity index (χ0n) is 15.0. The van der Waals surface area contributed by atoms with Crippen LogP contribution in [0.15, 0.2) is 16.6 Å². The molecule has 0 N–H and O–H groups in total. The van der Waals surface area contributed by atoms with Gasteiger partial charge in [-0.1, -0.05) is 15.9 Å². The molecular weight excluding hydrogens is 374 g/mol. The summed E-state index contributed by atoms with van der Waals surface area (Å²) in [5.74, 6) is 2.13. The van der Waals surface area contributed by atoms with Crippen molar-refractivity contribution in [2.24, 2.45) is 5.92 Å². The number of hydrogen-bond donors (Lipinski definition) is 0. The van der Waals surface area contributed by atoms with Gasteiger partial charge in [-0.3, -0.25) is 0 Å². The Labute approximate surface area is 152 Å². The molecule has 1 fully saturated rings. The number of likely N-dealkylation sites (tertiary alicyclic amines) is 1. The summed E-state index contributed by atoms with van der Waals surface area (Å²) in [6.45, 7) is 7.14. The van der Waals surface area contributed by atoms with Crippen LogP contribution in [0.1, 0.15) is 32.8 Å². The van der Waals surface area contributed by atoms with Crippen LogP contribution < -0.4 is 9.47 Å². The average molecular weight is 400 g/mol. The number of halogens is 1. The first kappa shape index (κ1) is 18.9. The van der Waals surface area contributed by atoms with Gasteiger partial charge < -0.3 is 19.1 Å². The molecule has 1 saturated heterocycles. The number of nitrogens with zero attached hydrogens (tertiary/aromatic N) is 1. The van der Waals surface area contributed by atoms with Crippen LogP contribution in [-0.4, -0.2) is 43.9 Å². The monoisotopic (exact) mass is 399 g/mol. The Bertz CT molecular complexity index is 566. The highest BCUT2D eigenvalue weighted by molar-refractivity contribution is 9.10. The molecule has 1 aliphatic rings. The molecule has 0 radical (unpaired) electrons. The van der Waals surface area contributed by atoms with E-state index in [0.29, 0.717) is 5.92 Å². The van der Waals surface area contributed by atoms with Gasteiger partial charge in [-0.05, 0) is 51.7 Å². The lowest BCUT2D eigenvalue weighted by Crippen LogP contribution is -2.51. The molecule has 0 aliphatic carbocycles. The number of carbonyl (C=O) groups excluding carboxylic acids is 1. The van der Waals surface area contributed by atoms with Crippen molar-refractivity contribution in [3.63, 3.8) is 0 Å². The second kappa shape index (κ2) is 7.64. The van der Waals surface area contributed by atoms with Crippen molar-refractivity contribution in [1.82, 2.24) is 4.90 Å². The fraction of sp³-hybridized carbons (Fsp3) is 0.611. The van der Waals surface area contributed by atoms with Crippen LogP contribution in [-0.2, 0) is 11.2 Å². The smallest absolute Gasteiger partial charge is 0.410 e. The highest BCUT2D eigenvalue weighted by Gasteiger charge is 2.33. The third-order valence-electron chi connectivity index (χ3n) is 3.98. The number of amides is 1. The van der Waals surface area contributed by atoms with Gasteiger partial charge in [-0.15, -0.1) is 0 Å². The Morgan fingerprint density at radius 1 is 1.21 bits per heavy atom. The van der Waals surface area contributed by atoms with Gasteiger partial charge in [0.1, 0.15) is 17.1 Å². The van der Waals surface area contributed by atoms with Gasteiger partial charge >= 0.3 is 6.09 Å². The molecule has 0 atom stereocenters. The summed E-state index contributed by atoms with van der Waals surface area (Å²) in [7, 11) is 3.33. The van der Waals surface area contributed by atoms with E-state index in [1.54, 1.807) is 19.1 Å². The van der Waals surface area contributed by atoms with Crippen molar-refractivity contribution in [3.05, 3.63) is 22.2 Å². The summed E-state index contributed by atoms with van der Waals surface area (Å²) >= 11 is 3.46. The number of hydrogen-bond acceptors (Lipinski definition) is 4. The van der Waals surface area contributed by atoms with Gasteiger partial charge in [0.05, 0.1) is 14.2 Å². The third kappa shape index (κ3) is 4.79. The number of carbonyl (C=O) groups is 1. The quantitative estimate of drug-likeness (QED) is 0.741. The zero-order valence-corrected chi connectivity index (χ0v) is 16.6. The Hall–Kier alpha value is -1.43. The maximum absolute atomic E-state index is 12.0. The SMILES string of the molecule is COc1cc(Br)cc(OC)c1CCC1CN(C(=O)OC(C)(C)C)C1. The standard InChI is InChI=1S/C18H26BrNO4/c1-18(2,3)24-17(21)20-10-12(11-20)6-7-14-15(22-4)8-13(19)9-16(14)23-5/h8-9,12H,6-7,10-11H2,1-5H3. The molecule has 134 valence electrons. The fourth-order valence-corrected chi connectivity index (χ4v) is 3.19. The highest BCUT2D eigenvalue weighted by Crippen LogP contribution is 2.35. The van der Waals surface area contributed by atoms with E-state index in [0.717, 1.165) is 47.5 Å². The van der Waals surface area contributed by atoms with Gasteiger partial charge in [0, 0.05) is 23.1 Å². The van der Waals surface area contributed by atoms with E-state index in [4.69, 9.17) is 14.2 Å². The number of ether oxygens (including phenoxy) is 3. The topological polar surface area (TPSA) is 48.0 Å². The summed E-state index contributed by atoms with van der Waals surface area (Å²) in [6, 6.07) is 3.90. The summed E-state index contributed by atoms with van der Waals surface area (Å²) in [5, 5.41) is 0. The molecule has 0 bridgehead atoms. The number of benzene rings is 1. The fourth-order valence-electron chi connectivity index (χ4n) is 2.77. The van der Waals surface area contributed by atoms with Crippen molar-refractivity contribution in [2.75, 3.05) is 27.3 Å². The van der Waals surface area contributed by atoms with E-state index in [1.165, 1.54) is 0 Å². The van der Waals surface area contributed by atoms with Crippen LogP contribution >= 0.6 is 15.9 Å². The van der Waals surface area contributed by atoms with E-state index in [9.17, 15) is 4.79 Å². The molecule has 6 heteroatoms. The molecule has 1 aromatic rings. The van der Waals surface area contributed by atoms with Crippen LogP contribution in [0, 0.1) is 5.92 Å². The molecule has 1 amide bonds. The highest BCUT2D eigenvalue weighted by atomic mass is 79.9. The molecule has 0 unspecified atom stereocenters. The summed E-state index contributed by atoms with van der Waals surface area (Å²) < 4.78 is 17.3. The van der Waals surface area contributed by atoms with Crippen LogP contribution in [0.4, 0.5) is 4.79 Å². The van der Waals surface area contributed by atoms with E-state index < -0.39 is 5.60 Å². The third-order valence-corrected chi connectivity index (χ3v) is 4.44. The first-order chi connectivity index (χ1) is 11.2. The minimum atomic E-state index is -0.444. The second-order valence-electron chi connectivity index (χ2n) is 7.08. The van der Waals surface area contributed by atoms with E-state index in [1.807, 2.05) is 32.9 Å². The predicted octanol–water partition coefficient (Wildman–Crippen LogP) is 4.27. The maximum atomic E-state index is 12.0. The Balaban J connectivity index is 1.89. The predicted molar refractivity (Wildman–Crippen MR) is 96.9 cm³/mol. The first-order valence-electron chi connectivity index (χ1n) is 8.12. The molecule has 1 heterocycles.